The molecular formula is C8H10Cl4O2. The van der Waals surface area contributed by atoms with Crippen molar-refractivity contribution in [2.45, 2.75) is 17.1 Å². The van der Waals surface area contributed by atoms with Crippen molar-refractivity contribution in [3.8, 4) is 0 Å². The van der Waals surface area contributed by atoms with Gasteiger partial charge in [-0.05, 0) is 11.6 Å². The quantitative estimate of drug-likeness (QED) is 0.340. The molecule has 0 aliphatic rings. The van der Waals surface area contributed by atoms with Gasteiger partial charge < -0.3 is 4.74 Å². The lowest BCUT2D eigenvalue weighted by Crippen LogP contribution is -2.16. The summed E-state index contributed by atoms with van der Waals surface area (Å²) in [6, 6.07) is 0. The monoisotopic (exact) mass is 278 g/mol. The molecule has 6 heteroatoms. The van der Waals surface area contributed by atoms with E-state index in [1.165, 1.54) is 7.11 Å². The van der Waals surface area contributed by atoms with Gasteiger partial charge in [-0.15, -0.1) is 0 Å². The molecule has 0 heterocycles. The van der Waals surface area contributed by atoms with E-state index in [1.54, 1.807) is 6.92 Å². The normalized spacial score (nSPS) is 15.1. The van der Waals surface area contributed by atoms with E-state index in [0.29, 0.717) is 12.2 Å². The molecule has 0 saturated heterocycles. The lowest BCUT2D eigenvalue weighted by molar-refractivity contribution is -0.107. The second kappa shape index (κ2) is 6.06. The Kier molecular flexibility index (Phi) is 6.22. The second-order valence-electron chi connectivity index (χ2n) is 2.77. The number of carbonyl (C=O) groups excluding carboxylic acids is 1. The first-order valence-corrected chi connectivity index (χ1v) is 5.29. The van der Waals surface area contributed by atoms with Gasteiger partial charge in [0.25, 0.3) is 0 Å². The zero-order chi connectivity index (χ0) is 11.4. The topological polar surface area (TPSA) is 26.3 Å². The minimum absolute atomic E-state index is 0.269. The number of carbonyl (C=O) groups is 1. The summed E-state index contributed by atoms with van der Waals surface area (Å²) in [7, 11) is 1.43. The highest BCUT2D eigenvalue weighted by molar-refractivity contribution is 6.67. The standard InChI is InChI=1S/C8H10Cl4O2/c1-5(8(10,11)12)3-6(14-2)4-7(9)13/h4-5H,3H2,1-2H3/b6-4+/t5-/m0/s1. The van der Waals surface area contributed by atoms with Gasteiger partial charge in [0.15, 0.2) is 3.79 Å². The first kappa shape index (κ1) is 14.4. The molecule has 0 spiro atoms. The Hall–Kier alpha value is 0.370. The minimum Gasteiger partial charge on any atom is -0.501 e. The minimum atomic E-state index is -1.38. The summed E-state index contributed by atoms with van der Waals surface area (Å²) in [5.41, 5.74) is 0. The van der Waals surface area contributed by atoms with Crippen LogP contribution in [0.2, 0.25) is 0 Å². The fourth-order valence-corrected chi connectivity index (χ4v) is 1.10. The smallest absolute Gasteiger partial charge is 0.248 e. The third kappa shape index (κ3) is 5.97. The van der Waals surface area contributed by atoms with Gasteiger partial charge in [0.05, 0.1) is 7.11 Å². The number of rotatable bonds is 4. The zero-order valence-electron chi connectivity index (χ0n) is 7.69. The summed E-state index contributed by atoms with van der Waals surface area (Å²) in [5, 5.41) is -0.613. The maximum Gasteiger partial charge on any atom is 0.248 e. The highest BCUT2D eigenvalue weighted by atomic mass is 35.6. The molecule has 0 radical (unpaired) electrons. The molecule has 0 saturated carbocycles. The van der Waals surface area contributed by atoms with E-state index in [2.05, 4.69) is 0 Å². The molecule has 0 aliphatic heterocycles. The average Bonchev–Trinajstić information content (AvgIpc) is 2.00. The van der Waals surface area contributed by atoms with E-state index in [9.17, 15) is 4.79 Å². The van der Waals surface area contributed by atoms with Crippen LogP contribution in [0.15, 0.2) is 11.8 Å². The van der Waals surface area contributed by atoms with Crippen LogP contribution >= 0.6 is 46.4 Å². The van der Waals surface area contributed by atoms with Crippen molar-refractivity contribution in [2.75, 3.05) is 7.11 Å². The molecule has 0 N–H and O–H groups in total. The van der Waals surface area contributed by atoms with Crippen LogP contribution in [0, 0.1) is 5.92 Å². The van der Waals surface area contributed by atoms with E-state index in [4.69, 9.17) is 51.1 Å². The van der Waals surface area contributed by atoms with Gasteiger partial charge >= 0.3 is 0 Å². The SMILES string of the molecule is CO/C(=C/C(=O)Cl)C[C@H](C)C(Cl)(Cl)Cl. The number of ether oxygens (including phenoxy) is 1. The van der Waals surface area contributed by atoms with Crippen molar-refractivity contribution in [3.05, 3.63) is 11.8 Å². The fraction of sp³-hybridized carbons (Fsp3) is 0.625. The van der Waals surface area contributed by atoms with Crippen molar-refractivity contribution >= 4 is 51.6 Å². The maximum atomic E-state index is 10.6. The number of alkyl halides is 3. The van der Waals surface area contributed by atoms with Gasteiger partial charge in [0.2, 0.25) is 5.24 Å². The van der Waals surface area contributed by atoms with Crippen molar-refractivity contribution in [3.63, 3.8) is 0 Å². The predicted octanol–water partition coefficient (Wildman–Crippen LogP) is 3.68. The highest BCUT2D eigenvalue weighted by Gasteiger charge is 2.29. The lowest BCUT2D eigenvalue weighted by Gasteiger charge is -2.20. The van der Waals surface area contributed by atoms with E-state index >= 15 is 0 Å². The predicted molar refractivity (Wildman–Crippen MR) is 60.0 cm³/mol. The van der Waals surface area contributed by atoms with Gasteiger partial charge in [0, 0.05) is 18.4 Å². The third-order valence-corrected chi connectivity index (χ3v) is 2.83. The first-order valence-electron chi connectivity index (χ1n) is 3.78. The van der Waals surface area contributed by atoms with Gasteiger partial charge in [-0.25, -0.2) is 0 Å². The summed E-state index contributed by atoms with van der Waals surface area (Å²) in [6.45, 7) is 1.73. The molecule has 0 aromatic carbocycles. The summed E-state index contributed by atoms with van der Waals surface area (Å²) < 4.78 is 3.52. The number of hydrogen-bond acceptors (Lipinski definition) is 2. The Morgan fingerprint density at radius 3 is 2.29 bits per heavy atom. The maximum absolute atomic E-state index is 10.6. The van der Waals surface area contributed by atoms with Crippen LogP contribution in [0.5, 0.6) is 0 Å². The molecule has 0 amide bonds. The summed E-state index contributed by atoms with van der Waals surface area (Å²) in [6.07, 6.45) is 1.50. The zero-order valence-corrected chi connectivity index (χ0v) is 10.7. The van der Waals surface area contributed by atoms with Gasteiger partial charge in [-0.2, -0.15) is 0 Å². The summed E-state index contributed by atoms with van der Waals surface area (Å²) in [5.74, 6) is 0.124. The van der Waals surface area contributed by atoms with Gasteiger partial charge in [-0.1, -0.05) is 41.7 Å². The molecule has 14 heavy (non-hydrogen) atoms. The lowest BCUT2D eigenvalue weighted by atomic mass is 10.1. The average molecular weight is 280 g/mol. The van der Waals surface area contributed by atoms with Crippen molar-refractivity contribution in [2.24, 2.45) is 5.92 Å². The summed E-state index contributed by atoms with van der Waals surface area (Å²) >= 11 is 22.1. The van der Waals surface area contributed by atoms with E-state index in [-0.39, 0.29) is 5.92 Å². The molecule has 0 rings (SSSR count). The van der Waals surface area contributed by atoms with Crippen LogP contribution in [-0.2, 0) is 9.53 Å². The Bertz CT molecular complexity index is 232. The van der Waals surface area contributed by atoms with Crippen molar-refractivity contribution < 1.29 is 9.53 Å². The summed E-state index contributed by atoms with van der Waals surface area (Å²) in [4.78, 5) is 10.6. The molecular weight excluding hydrogens is 270 g/mol. The van der Waals surface area contributed by atoms with E-state index in [1.807, 2.05) is 0 Å². The van der Waals surface area contributed by atoms with Crippen molar-refractivity contribution in [1.29, 1.82) is 0 Å². The Balaban J connectivity index is 4.41. The highest BCUT2D eigenvalue weighted by Crippen LogP contribution is 2.38. The van der Waals surface area contributed by atoms with Crippen LogP contribution < -0.4 is 0 Å². The molecule has 0 aromatic heterocycles. The molecule has 0 bridgehead atoms. The number of allylic oxidation sites excluding steroid dienone is 2. The number of halogens is 4. The van der Waals surface area contributed by atoms with Crippen LogP contribution in [-0.4, -0.2) is 16.1 Å². The van der Waals surface area contributed by atoms with Crippen LogP contribution in [0.3, 0.4) is 0 Å². The number of hydrogen-bond donors (Lipinski definition) is 0. The number of methoxy groups -OCH3 is 1. The molecule has 0 aromatic rings. The Labute approximate surface area is 103 Å². The van der Waals surface area contributed by atoms with Crippen LogP contribution in [0.25, 0.3) is 0 Å². The fourth-order valence-electron chi connectivity index (χ4n) is 0.745. The Morgan fingerprint density at radius 2 is 2.00 bits per heavy atom. The first-order chi connectivity index (χ1) is 6.27. The Morgan fingerprint density at radius 1 is 1.50 bits per heavy atom. The van der Waals surface area contributed by atoms with E-state index < -0.39 is 9.03 Å². The molecule has 2 nitrogen and oxygen atoms in total. The third-order valence-electron chi connectivity index (χ3n) is 1.60. The van der Waals surface area contributed by atoms with Crippen LogP contribution in [0.1, 0.15) is 13.3 Å². The largest absolute Gasteiger partial charge is 0.501 e. The van der Waals surface area contributed by atoms with Crippen LogP contribution in [0.4, 0.5) is 0 Å². The van der Waals surface area contributed by atoms with Crippen molar-refractivity contribution in [1.82, 2.24) is 0 Å². The molecule has 0 fully saturated rings. The molecule has 0 aliphatic carbocycles. The van der Waals surface area contributed by atoms with Gasteiger partial charge in [-0.3, -0.25) is 4.79 Å². The molecule has 1 atom stereocenters. The second-order valence-corrected chi connectivity index (χ2v) is 5.51. The molecule has 0 unspecified atom stereocenters. The van der Waals surface area contributed by atoms with Gasteiger partial charge in [0.1, 0.15) is 5.76 Å². The molecule has 82 valence electrons. The van der Waals surface area contributed by atoms with E-state index in [0.717, 1.165) is 6.08 Å².